The number of nitrogens with one attached hydrogen (secondary N) is 2. The third-order valence-electron chi connectivity index (χ3n) is 3.84. The van der Waals surface area contributed by atoms with Gasteiger partial charge in [-0.3, -0.25) is 4.79 Å². The fraction of sp³-hybridized carbons (Fsp3) is 0.105. The van der Waals surface area contributed by atoms with Gasteiger partial charge in [0.1, 0.15) is 22.7 Å². The van der Waals surface area contributed by atoms with Crippen LogP contribution in [-0.2, 0) is 11.3 Å². The molecule has 0 unspecified atom stereocenters. The Hall–Kier alpha value is -3.19. The van der Waals surface area contributed by atoms with Gasteiger partial charge in [0.25, 0.3) is 0 Å². The van der Waals surface area contributed by atoms with Gasteiger partial charge < -0.3 is 15.1 Å². The van der Waals surface area contributed by atoms with Crippen molar-refractivity contribution in [3.05, 3.63) is 66.9 Å². The minimum absolute atomic E-state index is 0.128. The van der Waals surface area contributed by atoms with Gasteiger partial charge in [-0.2, -0.15) is 0 Å². The molecule has 4 aromatic rings. The van der Waals surface area contributed by atoms with E-state index in [2.05, 4.69) is 38.8 Å². The lowest BCUT2D eigenvalue weighted by molar-refractivity contribution is -0.119. The average molecular weight is 364 g/mol. The van der Waals surface area contributed by atoms with Crippen molar-refractivity contribution in [1.82, 2.24) is 15.3 Å². The van der Waals surface area contributed by atoms with Gasteiger partial charge in [-0.15, -0.1) is 11.3 Å². The second kappa shape index (κ2) is 7.37. The second-order valence-electron chi connectivity index (χ2n) is 5.63. The van der Waals surface area contributed by atoms with Gasteiger partial charge in [0.05, 0.1) is 24.7 Å². The van der Waals surface area contributed by atoms with E-state index >= 15 is 0 Å². The number of rotatable bonds is 6. The third-order valence-corrected chi connectivity index (χ3v) is 4.94. The molecule has 3 heterocycles. The molecule has 1 aromatic carbocycles. The molecule has 1 amide bonds. The molecule has 26 heavy (non-hydrogen) atoms. The molecule has 0 atom stereocenters. The van der Waals surface area contributed by atoms with Crippen molar-refractivity contribution in [2.24, 2.45) is 0 Å². The van der Waals surface area contributed by atoms with Crippen LogP contribution in [0, 0.1) is 0 Å². The summed E-state index contributed by atoms with van der Waals surface area (Å²) in [5.41, 5.74) is 1.14. The van der Waals surface area contributed by atoms with Crippen LogP contribution in [0.4, 0.5) is 5.82 Å². The minimum Gasteiger partial charge on any atom is -0.467 e. The van der Waals surface area contributed by atoms with Crippen LogP contribution in [-0.4, -0.2) is 22.4 Å². The van der Waals surface area contributed by atoms with Gasteiger partial charge in [-0.25, -0.2) is 9.97 Å². The number of carbonyl (C=O) groups excluding carboxylic acids is 1. The van der Waals surface area contributed by atoms with Crippen molar-refractivity contribution in [3.63, 3.8) is 0 Å². The highest BCUT2D eigenvalue weighted by Crippen LogP contribution is 2.34. The summed E-state index contributed by atoms with van der Waals surface area (Å²) in [5, 5.41) is 6.81. The molecule has 0 aliphatic heterocycles. The average Bonchev–Trinajstić information content (AvgIpc) is 3.35. The topological polar surface area (TPSA) is 80.0 Å². The van der Waals surface area contributed by atoms with Crippen LogP contribution in [0.3, 0.4) is 0 Å². The summed E-state index contributed by atoms with van der Waals surface area (Å²) in [4.78, 5) is 22.6. The molecular formula is C19H16N4O2S. The first-order chi connectivity index (χ1) is 12.8. The van der Waals surface area contributed by atoms with E-state index in [0.717, 1.165) is 20.7 Å². The molecule has 0 bridgehead atoms. The number of aromatic nitrogens is 2. The Bertz CT molecular complexity index is 1010. The van der Waals surface area contributed by atoms with Gasteiger partial charge in [-0.05, 0) is 23.8 Å². The molecule has 0 saturated heterocycles. The van der Waals surface area contributed by atoms with E-state index in [1.807, 2.05) is 24.3 Å². The van der Waals surface area contributed by atoms with Crippen LogP contribution in [0.2, 0.25) is 0 Å². The van der Waals surface area contributed by atoms with Crippen LogP contribution in [0.1, 0.15) is 5.76 Å². The zero-order valence-corrected chi connectivity index (χ0v) is 14.6. The second-order valence-corrected chi connectivity index (χ2v) is 6.66. The Morgan fingerprint density at radius 2 is 2.00 bits per heavy atom. The monoisotopic (exact) mass is 364 g/mol. The Morgan fingerprint density at radius 1 is 1.12 bits per heavy atom. The maximum atomic E-state index is 12.0. The molecular weight excluding hydrogens is 348 g/mol. The van der Waals surface area contributed by atoms with Crippen molar-refractivity contribution in [2.75, 3.05) is 11.9 Å². The van der Waals surface area contributed by atoms with E-state index in [0.29, 0.717) is 18.1 Å². The number of hydrogen-bond donors (Lipinski definition) is 2. The first kappa shape index (κ1) is 16.3. The molecule has 2 N–H and O–H groups in total. The van der Waals surface area contributed by atoms with E-state index in [1.54, 1.807) is 23.7 Å². The van der Waals surface area contributed by atoms with Gasteiger partial charge in [0, 0.05) is 4.88 Å². The lowest BCUT2D eigenvalue weighted by Gasteiger charge is -2.06. The Morgan fingerprint density at radius 3 is 2.81 bits per heavy atom. The number of amides is 1. The number of carbonyl (C=O) groups is 1. The molecule has 3 aromatic heterocycles. The molecule has 0 spiro atoms. The molecule has 0 radical (unpaired) electrons. The van der Waals surface area contributed by atoms with Gasteiger partial charge in [0.15, 0.2) is 0 Å². The SMILES string of the molecule is O=C(CNc1ncnc2sc(-c3ccccc3)cc12)NCc1ccco1. The largest absolute Gasteiger partial charge is 0.467 e. The van der Waals surface area contributed by atoms with Crippen LogP contribution < -0.4 is 10.6 Å². The highest BCUT2D eigenvalue weighted by atomic mass is 32.1. The van der Waals surface area contributed by atoms with Crippen LogP contribution in [0.5, 0.6) is 0 Å². The fourth-order valence-corrected chi connectivity index (χ4v) is 3.57. The molecule has 0 aliphatic rings. The van der Waals surface area contributed by atoms with Crippen molar-refractivity contribution in [1.29, 1.82) is 0 Å². The molecule has 0 fully saturated rings. The molecule has 0 aliphatic carbocycles. The van der Waals surface area contributed by atoms with Crippen LogP contribution in [0.15, 0.2) is 65.5 Å². The van der Waals surface area contributed by atoms with Crippen LogP contribution >= 0.6 is 11.3 Å². The zero-order chi connectivity index (χ0) is 17.8. The van der Waals surface area contributed by atoms with E-state index in [9.17, 15) is 4.79 Å². The Balaban J connectivity index is 1.46. The van der Waals surface area contributed by atoms with Crippen molar-refractivity contribution >= 4 is 33.3 Å². The first-order valence-electron chi connectivity index (χ1n) is 8.12. The van der Waals surface area contributed by atoms with Gasteiger partial charge in [-0.1, -0.05) is 30.3 Å². The maximum absolute atomic E-state index is 12.0. The van der Waals surface area contributed by atoms with Crippen molar-refractivity contribution in [3.8, 4) is 10.4 Å². The number of furan rings is 1. The predicted molar refractivity (Wildman–Crippen MR) is 102 cm³/mol. The Kier molecular flexibility index (Phi) is 4.61. The summed E-state index contributed by atoms with van der Waals surface area (Å²) in [6, 6.07) is 15.8. The summed E-state index contributed by atoms with van der Waals surface area (Å²) in [7, 11) is 0. The fourth-order valence-electron chi connectivity index (χ4n) is 2.57. The summed E-state index contributed by atoms with van der Waals surface area (Å²) >= 11 is 1.60. The minimum atomic E-state index is -0.133. The summed E-state index contributed by atoms with van der Waals surface area (Å²) < 4.78 is 5.19. The molecule has 7 heteroatoms. The number of nitrogens with zero attached hydrogens (tertiary/aromatic N) is 2. The number of thiophene rings is 1. The molecule has 0 saturated carbocycles. The maximum Gasteiger partial charge on any atom is 0.239 e. The number of benzene rings is 1. The number of anilines is 1. The predicted octanol–water partition coefficient (Wildman–Crippen LogP) is 3.68. The highest BCUT2D eigenvalue weighted by molar-refractivity contribution is 7.21. The van der Waals surface area contributed by atoms with Crippen molar-refractivity contribution < 1.29 is 9.21 Å². The van der Waals surface area contributed by atoms with E-state index in [4.69, 9.17) is 4.42 Å². The standard InChI is InChI=1S/C19H16N4O2S/c24-17(20-10-14-7-4-8-25-14)11-21-18-15-9-16(13-5-2-1-3-6-13)26-19(15)23-12-22-18/h1-9,12H,10-11H2,(H,20,24)(H,21,22,23). The van der Waals surface area contributed by atoms with Crippen molar-refractivity contribution in [2.45, 2.75) is 6.54 Å². The molecule has 6 nitrogen and oxygen atoms in total. The lowest BCUT2D eigenvalue weighted by Crippen LogP contribution is -2.29. The number of fused-ring (bicyclic) bond motifs is 1. The zero-order valence-electron chi connectivity index (χ0n) is 13.8. The van der Waals surface area contributed by atoms with E-state index in [-0.39, 0.29) is 12.5 Å². The summed E-state index contributed by atoms with van der Waals surface area (Å²) in [6.07, 6.45) is 3.09. The molecule has 130 valence electrons. The smallest absolute Gasteiger partial charge is 0.239 e. The first-order valence-corrected chi connectivity index (χ1v) is 8.94. The highest BCUT2D eigenvalue weighted by Gasteiger charge is 2.11. The summed E-state index contributed by atoms with van der Waals surface area (Å²) in [5.74, 6) is 1.24. The van der Waals surface area contributed by atoms with E-state index < -0.39 is 0 Å². The molecule has 4 rings (SSSR count). The quantitative estimate of drug-likeness (QED) is 0.545. The third kappa shape index (κ3) is 3.57. The number of hydrogen-bond acceptors (Lipinski definition) is 6. The summed E-state index contributed by atoms with van der Waals surface area (Å²) in [6.45, 7) is 0.493. The van der Waals surface area contributed by atoms with E-state index in [1.165, 1.54) is 6.33 Å². The Labute approximate surface area is 153 Å². The van der Waals surface area contributed by atoms with Gasteiger partial charge in [0.2, 0.25) is 5.91 Å². The van der Waals surface area contributed by atoms with Gasteiger partial charge >= 0.3 is 0 Å². The van der Waals surface area contributed by atoms with Crippen LogP contribution in [0.25, 0.3) is 20.7 Å². The normalized spacial score (nSPS) is 10.8. The lowest BCUT2D eigenvalue weighted by atomic mass is 10.2.